The van der Waals surface area contributed by atoms with Gasteiger partial charge in [-0.3, -0.25) is 0 Å². The Morgan fingerprint density at radius 2 is 1.10 bits per heavy atom. The first-order valence-corrected chi connectivity index (χ1v) is 7.67. The molecule has 0 heterocycles. The summed E-state index contributed by atoms with van der Waals surface area (Å²) in [5.41, 5.74) is -2.30. The quantitative estimate of drug-likeness (QED) is 0.389. The Balaban J connectivity index is 5.35. The summed E-state index contributed by atoms with van der Waals surface area (Å²) in [6, 6.07) is 0. The molecule has 0 spiro atoms. The summed E-state index contributed by atoms with van der Waals surface area (Å²) in [5, 5.41) is 39.0. The highest BCUT2D eigenvalue weighted by atomic mass is 16.5. The Morgan fingerprint density at radius 1 is 0.700 bits per heavy atom. The van der Waals surface area contributed by atoms with E-state index in [1.165, 1.54) is 0 Å². The van der Waals surface area contributed by atoms with E-state index in [-0.39, 0.29) is 0 Å². The van der Waals surface area contributed by atoms with E-state index >= 15 is 0 Å². The minimum Gasteiger partial charge on any atom is -0.368 e. The molecular formula is C16H34O4. The second kappa shape index (κ2) is 7.21. The molecule has 122 valence electrons. The van der Waals surface area contributed by atoms with Crippen LogP contribution in [0, 0.1) is 16.2 Å². The van der Waals surface area contributed by atoms with Gasteiger partial charge in [-0.15, -0.1) is 0 Å². The van der Waals surface area contributed by atoms with E-state index in [0.717, 1.165) is 32.1 Å². The highest BCUT2D eigenvalue weighted by molar-refractivity contribution is 5.01. The molecule has 0 amide bonds. The van der Waals surface area contributed by atoms with Crippen LogP contribution in [-0.4, -0.2) is 33.0 Å². The van der Waals surface area contributed by atoms with Crippen LogP contribution in [0.1, 0.15) is 73.6 Å². The Hall–Kier alpha value is -0.160. The van der Waals surface area contributed by atoms with Crippen molar-refractivity contribution < 1.29 is 20.4 Å². The molecule has 4 heteroatoms. The van der Waals surface area contributed by atoms with Gasteiger partial charge in [0.25, 0.3) is 0 Å². The average Bonchev–Trinajstić information content (AvgIpc) is 2.33. The van der Waals surface area contributed by atoms with Gasteiger partial charge in [0.15, 0.2) is 12.6 Å². The Labute approximate surface area is 123 Å². The first-order valence-electron chi connectivity index (χ1n) is 7.67. The first kappa shape index (κ1) is 19.8. The second-order valence-electron chi connectivity index (χ2n) is 7.33. The Morgan fingerprint density at radius 3 is 1.40 bits per heavy atom. The van der Waals surface area contributed by atoms with E-state index in [2.05, 4.69) is 6.92 Å². The average molecular weight is 290 g/mol. The molecule has 0 aromatic carbocycles. The van der Waals surface area contributed by atoms with Crippen LogP contribution in [-0.2, 0) is 0 Å². The molecule has 0 aliphatic heterocycles. The van der Waals surface area contributed by atoms with Gasteiger partial charge < -0.3 is 20.4 Å². The van der Waals surface area contributed by atoms with Crippen molar-refractivity contribution in [1.29, 1.82) is 0 Å². The monoisotopic (exact) mass is 290 g/mol. The lowest BCUT2D eigenvalue weighted by Crippen LogP contribution is -2.56. The molecule has 0 atom stereocenters. The summed E-state index contributed by atoms with van der Waals surface area (Å²) in [5.74, 6) is 0. The van der Waals surface area contributed by atoms with Gasteiger partial charge in [-0.25, -0.2) is 0 Å². The van der Waals surface area contributed by atoms with Crippen LogP contribution >= 0.6 is 0 Å². The van der Waals surface area contributed by atoms with Gasteiger partial charge in [-0.1, -0.05) is 67.2 Å². The van der Waals surface area contributed by atoms with Gasteiger partial charge in [0.05, 0.1) is 0 Å². The molecule has 4 nitrogen and oxygen atoms in total. The smallest absolute Gasteiger partial charge is 0.157 e. The zero-order valence-corrected chi connectivity index (χ0v) is 14.0. The third kappa shape index (κ3) is 3.73. The summed E-state index contributed by atoms with van der Waals surface area (Å²) in [6.07, 6.45) is 2.00. The fourth-order valence-corrected chi connectivity index (χ4v) is 2.95. The molecule has 0 aliphatic carbocycles. The number of rotatable bonds is 9. The van der Waals surface area contributed by atoms with Gasteiger partial charge in [-0.2, -0.15) is 0 Å². The summed E-state index contributed by atoms with van der Waals surface area (Å²) in [6.45, 7) is 11.2. The Kier molecular flexibility index (Phi) is 7.15. The second-order valence-corrected chi connectivity index (χ2v) is 7.33. The van der Waals surface area contributed by atoms with Crippen molar-refractivity contribution in [2.75, 3.05) is 0 Å². The number of aliphatic hydroxyl groups is 4. The van der Waals surface area contributed by atoms with E-state index in [9.17, 15) is 20.4 Å². The van der Waals surface area contributed by atoms with Crippen molar-refractivity contribution in [3.63, 3.8) is 0 Å². The minimum atomic E-state index is -1.50. The predicted octanol–water partition coefficient (Wildman–Crippen LogP) is 2.64. The molecule has 0 aromatic heterocycles. The van der Waals surface area contributed by atoms with Crippen molar-refractivity contribution in [3.8, 4) is 0 Å². The summed E-state index contributed by atoms with van der Waals surface area (Å²) in [7, 11) is 0. The number of aliphatic hydroxyl groups excluding tert-OH is 2. The molecule has 0 unspecified atom stereocenters. The summed E-state index contributed by atoms with van der Waals surface area (Å²) in [4.78, 5) is 0. The highest BCUT2D eigenvalue weighted by Crippen LogP contribution is 2.57. The fourth-order valence-electron chi connectivity index (χ4n) is 2.95. The van der Waals surface area contributed by atoms with Crippen LogP contribution in [0.4, 0.5) is 0 Å². The van der Waals surface area contributed by atoms with E-state index in [1.54, 1.807) is 27.7 Å². The van der Waals surface area contributed by atoms with Gasteiger partial charge in [0.2, 0.25) is 0 Å². The summed E-state index contributed by atoms with van der Waals surface area (Å²) < 4.78 is 0. The van der Waals surface area contributed by atoms with Crippen molar-refractivity contribution in [3.05, 3.63) is 0 Å². The topological polar surface area (TPSA) is 80.9 Å². The van der Waals surface area contributed by atoms with Crippen LogP contribution in [0.25, 0.3) is 0 Å². The summed E-state index contributed by atoms with van der Waals surface area (Å²) >= 11 is 0. The normalized spacial score (nSPS) is 14.4. The van der Waals surface area contributed by atoms with Gasteiger partial charge in [0, 0.05) is 10.8 Å². The molecular weight excluding hydrogens is 256 g/mol. The van der Waals surface area contributed by atoms with Crippen molar-refractivity contribution in [2.45, 2.75) is 86.2 Å². The number of hydrogen-bond donors (Lipinski definition) is 4. The van der Waals surface area contributed by atoms with Crippen molar-refractivity contribution >= 4 is 0 Å². The maximum atomic E-state index is 9.76. The molecule has 0 aliphatic rings. The maximum absolute atomic E-state index is 9.76. The lowest BCUT2D eigenvalue weighted by molar-refractivity contribution is -0.248. The molecule has 0 aromatic rings. The molecule has 0 saturated heterocycles. The SMILES string of the molecule is CCCCCCC(C)(C(C)(C)C(O)O)C(C)(C)C(O)O. The first-order chi connectivity index (χ1) is 8.95. The third-order valence-corrected chi connectivity index (χ3v) is 5.67. The molecule has 20 heavy (non-hydrogen) atoms. The van der Waals surface area contributed by atoms with Gasteiger partial charge >= 0.3 is 0 Å². The highest BCUT2D eigenvalue weighted by Gasteiger charge is 2.56. The van der Waals surface area contributed by atoms with Crippen LogP contribution in [0.3, 0.4) is 0 Å². The van der Waals surface area contributed by atoms with Gasteiger partial charge in [0.1, 0.15) is 0 Å². The lowest BCUT2D eigenvalue weighted by Gasteiger charge is -2.55. The molecule has 4 N–H and O–H groups in total. The largest absolute Gasteiger partial charge is 0.368 e. The number of hydrogen-bond acceptors (Lipinski definition) is 4. The molecule has 0 rings (SSSR count). The third-order valence-electron chi connectivity index (χ3n) is 5.67. The Bertz CT molecular complexity index is 262. The van der Waals surface area contributed by atoms with E-state index in [1.807, 2.05) is 6.92 Å². The molecule has 0 bridgehead atoms. The lowest BCUT2D eigenvalue weighted by atomic mass is 9.51. The van der Waals surface area contributed by atoms with E-state index in [4.69, 9.17) is 0 Å². The van der Waals surface area contributed by atoms with Gasteiger partial charge in [-0.05, 0) is 11.8 Å². The van der Waals surface area contributed by atoms with E-state index < -0.39 is 28.8 Å². The zero-order valence-electron chi connectivity index (χ0n) is 14.0. The number of unbranched alkanes of at least 4 members (excludes halogenated alkanes) is 3. The van der Waals surface area contributed by atoms with Crippen LogP contribution in [0.5, 0.6) is 0 Å². The van der Waals surface area contributed by atoms with Crippen LogP contribution < -0.4 is 0 Å². The predicted molar refractivity (Wildman–Crippen MR) is 80.9 cm³/mol. The van der Waals surface area contributed by atoms with E-state index in [0.29, 0.717) is 0 Å². The zero-order chi connectivity index (χ0) is 16.2. The fraction of sp³-hybridized carbons (Fsp3) is 1.00. The van der Waals surface area contributed by atoms with Crippen LogP contribution in [0.15, 0.2) is 0 Å². The van der Waals surface area contributed by atoms with Crippen molar-refractivity contribution in [2.24, 2.45) is 16.2 Å². The molecule has 0 radical (unpaired) electrons. The molecule has 0 saturated carbocycles. The standard InChI is InChI=1S/C16H34O4/c1-7-8-9-10-11-16(6,14(2,3)12(17)18)15(4,5)13(19)20/h12-13,17-20H,7-11H2,1-6H3. The maximum Gasteiger partial charge on any atom is 0.157 e. The van der Waals surface area contributed by atoms with Crippen molar-refractivity contribution in [1.82, 2.24) is 0 Å². The minimum absolute atomic E-state index is 0.615. The molecule has 0 fully saturated rings. The van der Waals surface area contributed by atoms with Crippen LogP contribution in [0.2, 0.25) is 0 Å².